The Morgan fingerprint density at radius 3 is 2.78 bits per heavy atom. The molecule has 3 heterocycles. The van der Waals surface area contributed by atoms with Gasteiger partial charge in [-0.2, -0.15) is 11.8 Å². The molecule has 0 aliphatic carbocycles. The second-order valence-electron chi connectivity index (χ2n) is 5.68. The molecular formula is C15H23NS2. The Labute approximate surface area is 119 Å². The van der Waals surface area contributed by atoms with Crippen molar-refractivity contribution in [2.45, 2.75) is 38.1 Å². The van der Waals surface area contributed by atoms with Crippen molar-refractivity contribution in [1.82, 2.24) is 4.90 Å². The van der Waals surface area contributed by atoms with Gasteiger partial charge in [0.05, 0.1) is 5.54 Å². The highest BCUT2D eigenvalue weighted by Crippen LogP contribution is 2.47. The quantitative estimate of drug-likeness (QED) is 0.799. The van der Waals surface area contributed by atoms with Crippen molar-refractivity contribution >= 4 is 23.1 Å². The minimum Gasteiger partial charge on any atom is -0.293 e. The van der Waals surface area contributed by atoms with Gasteiger partial charge in [-0.25, -0.2) is 0 Å². The molecule has 0 aromatic carbocycles. The van der Waals surface area contributed by atoms with Crippen LogP contribution in [0.1, 0.15) is 37.5 Å². The van der Waals surface area contributed by atoms with Crippen molar-refractivity contribution in [2.24, 2.45) is 5.92 Å². The summed E-state index contributed by atoms with van der Waals surface area (Å²) < 4.78 is 0. The maximum atomic E-state index is 2.83. The van der Waals surface area contributed by atoms with Gasteiger partial charge in [0, 0.05) is 4.88 Å². The summed E-state index contributed by atoms with van der Waals surface area (Å²) in [5.41, 5.74) is 0.361. The van der Waals surface area contributed by atoms with Crippen LogP contribution in [-0.4, -0.2) is 29.5 Å². The van der Waals surface area contributed by atoms with E-state index in [9.17, 15) is 0 Å². The third-order valence-corrected chi connectivity index (χ3v) is 6.94. The second kappa shape index (κ2) is 5.56. The lowest BCUT2D eigenvalue weighted by Crippen LogP contribution is -2.54. The predicted molar refractivity (Wildman–Crippen MR) is 82.5 cm³/mol. The second-order valence-corrected chi connectivity index (χ2v) is 7.77. The van der Waals surface area contributed by atoms with Crippen molar-refractivity contribution in [2.75, 3.05) is 24.6 Å². The summed E-state index contributed by atoms with van der Waals surface area (Å²) in [6, 6.07) is 4.62. The molecule has 3 heteroatoms. The van der Waals surface area contributed by atoms with E-state index in [1.165, 1.54) is 50.3 Å². The first-order valence-electron chi connectivity index (χ1n) is 7.21. The molecule has 3 rings (SSSR count). The van der Waals surface area contributed by atoms with Crippen LogP contribution in [0, 0.1) is 5.92 Å². The first-order chi connectivity index (χ1) is 8.84. The molecule has 1 aromatic rings. The lowest BCUT2D eigenvalue weighted by atomic mass is 9.79. The predicted octanol–water partition coefficient (Wildman–Crippen LogP) is 4.20. The molecule has 1 aromatic heterocycles. The fourth-order valence-corrected chi connectivity index (χ4v) is 6.03. The maximum Gasteiger partial charge on any atom is 0.0595 e. The lowest BCUT2D eigenvalue weighted by Gasteiger charge is -2.51. The van der Waals surface area contributed by atoms with Gasteiger partial charge in [0.1, 0.15) is 0 Å². The molecule has 0 spiro atoms. The molecule has 2 atom stereocenters. The van der Waals surface area contributed by atoms with E-state index in [4.69, 9.17) is 0 Å². The van der Waals surface area contributed by atoms with Crippen LogP contribution < -0.4 is 0 Å². The van der Waals surface area contributed by atoms with Gasteiger partial charge in [-0.05, 0) is 61.2 Å². The van der Waals surface area contributed by atoms with Crippen LogP contribution in [0.15, 0.2) is 17.5 Å². The topological polar surface area (TPSA) is 3.24 Å². The highest BCUT2D eigenvalue weighted by molar-refractivity contribution is 7.99. The largest absolute Gasteiger partial charge is 0.293 e. The number of rotatable bonds is 2. The molecule has 1 nitrogen and oxygen atoms in total. The molecule has 0 bridgehead atoms. The average molecular weight is 281 g/mol. The fourth-order valence-electron chi connectivity index (χ4n) is 3.68. The first kappa shape index (κ1) is 13.0. The van der Waals surface area contributed by atoms with E-state index in [-0.39, 0.29) is 0 Å². The molecule has 2 saturated heterocycles. The Kier molecular flexibility index (Phi) is 4.02. The molecule has 2 fully saturated rings. The molecule has 0 amide bonds. The zero-order valence-corrected chi connectivity index (χ0v) is 12.9. The monoisotopic (exact) mass is 281 g/mol. The summed E-state index contributed by atoms with van der Waals surface area (Å²) in [5, 5.41) is 2.26. The number of hydrogen-bond acceptors (Lipinski definition) is 3. The van der Waals surface area contributed by atoms with E-state index in [0.29, 0.717) is 5.54 Å². The van der Waals surface area contributed by atoms with Gasteiger partial charge >= 0.3 is 0 Å². The molecule has 2 aliphatic heterocycles. The zero-order chi connectivity index (χ0) is 12.4. The summed E-state index contributed by atoms with van der Waals surface area (Å²) >= 11 is 4.12. The SMILES string of the molecule is C[C@H]1CSCC[C@@]1(c1cccs1)N1CCCCC1. The van der Waals surface area contributed by atoms with Gasteiger partial charge in [-0.15, -0.1) is 11.3 Å². The van der Waals surface area contributed by atoms with Crippen molar-refractivity contribution in [1.29, 1.82) is 0 Å². The van der Waals surface area contributed by atoms with E-state index >= 15 is 0 Å². The minimum absolute atomic E-state index is 0.361. The molecule has 0 N–H and O–H groups in total. The highest BCUT2D eigenvalue weighted by Gasteiger charge is 2.45. The molecule has 0 saturated carbocycles. The summed E-state index contributed by atoms with van der Waals surface area (Å²) in [6.07, 6.45) is 5.57. The van der Waals surface area contributed by atoms with Gasteiger partial charge in [-0.1, -0.05) is 19.4 Å². The molecule has 2 aliphatic rings. The van der Waals surface area contributed by atoms with E-state index in [1.54, 1.807) is 4.88 Å². The fraction of sp³-hybridized carbons (Fsp3) is 0.733. The van der Waals surface area contributed by atoms with Gasteiger partial charge in [-0.3, -0.25) is 4.90 Å². The third kappa shape index (κ3) is 2.14. The first-order valence-corrected chi connectivity index (χ1v) is 9.24. The zero-order valence-electron chi connectivity index (χ0n) is 11.2. The number of hydrogen-bond donors (Lipinski definition) is 0. The minimum atomic E-state index is 0.361. The number of thioether (sulfide) groups is 1. The smallest absolute Gasteiger partial charge is 0.0595 e. The van der Waals surface area contributed by atoms with Crippen LogP contribution in [0.4, 0.5) is 0 Å². The molecule has 0 radical (unpaired) electrons. The normalized spacial score (nSPS) is 34.6. The van der Waals surface area contributed by atoms with Crippen LogP contribution in [0.25, 0.3) is 0 Å². The third-order valence-electron chi connectivity index (χ3n) is 4.68. The number of thiophene rings is 1. The van der Waals surface area contributed by atoms with Crippen molar-refractivity contribution in [3.05, 3.63) is 22.4 Å². The number of piperidine rings is 1. The summed E-state index contributed by atoms with van der Waals surface area (Å²) in [6.45, 7) is 5.10. The van der Waals surface area contributed by atoms with Gasteiger partial charge < -0.3 is 0 Å². The Hall–Kier alpha value is 0.01000. The summed E-state index contributed by atoms with van der Waals surface area (Å²) in [4.78, 5) is 4.45. The van der Waals surface area contributed by atoms with E-state index < -0.39 is 0 Å². The van der Waals surface area contributed by atoms with Crippen LogP contribution in [-0.2, 0) is 5.54 Å². The van der Waals surface area contributed by atoms with E-state index in [2.05, 4.69) is 41.1 Å². The van der Waals surface area contributed by atoms with E-state index in [1.807, 2.05) is 11.3 Å². The molecular weight excluding hydrogens is 258 g/mol. The average Bonchev–Trinajstić information content (AvgIpc) is 2.95. The molecule has 18 heavy (non-hydrogen) atoms. The van der Waals surface area contributed by atoms with Crippen LogP contribution in [0.2, 0.25) is 0 Å². The van der Waals surface area contributed by atoms with Crippen molar-refractivity contribution in [3.63, 3.8) is 0 Å². The number of likely N-dealkylation sites (tertiary alicyclic amines) is 1. The van der Waals surface area contributed by atoms with Crippen LogP contribution in [0.5, 0.6) is 0 Å². The van der Waals surface area contributed by atoms with Gasteiger partial charge in [0.2, 0.25) is 0 Å². The Morgan fingerprint density at radius 2 is 2.11 bits per heavy atom. The molecule has 100 valence electrons. The van der Waals surface area contributed by atoms with Crippen LogP contribution in [0.3, 0.4) is 0 Å². The highest BCUT2D eigenvalue weighted by atomic mass is 32.2. The Morgan fingerprint density at radius 1 is 1.28 bits per heavy atom. The Balaban J connectivity index is 1.96. The van der Waals surface area contributed by atoms with Gasteiger partial charge in [0.25, 0.3) is 0 Å². The van der Waals surface area contributed by atoms with Crippen molar-refractivity contribution < 1.29 is 0 Å². The Bertz CT molecular complexity index is 370. The molecule has 0 unspecified atom stereocenters. The van der Waals surface area contributed by atoms with Gasteiger partial charge in [0.15, 0.2) is 0 Å². The van der Waals surface area contributed by atoms with E-state index in [0.717, 1.165) is 5.92 Å². The standard InChI is InChI=1S/C15H23NS2/c1-13-12-17-11-7-15(13,14-6-5-10-18-14)16-8-3-2-4-9-16/h5-6,10,13H,2-4,7-9,11-12H2,1H3/t13-,15+/m0/s1. The summed E-state index contributed by atoms with van der Waals surface area (Å²) in [5.74, 6) is 3.45. The maximum absolute atomic E-state index is 2.83. The van der Waals surface area contributed by atoms with Crippen LogP contribution >= 0.6 is 23.1 Å². The lowest BCUT2D eigenvalue weighted by molar-refractivity contribution is 0.0226. The van der Waals surface area contributed by atoms with Crippen molar-refractivity contribution in [3.8, 4) is 0 Å². The number of nitrogens with zero attached hydrogens (tertiary/aromatic N) is 1. The summed E-state index contributed by atoms with van der Waals surface area (Å²) in [7, 11) is 0.